The second-order valence-corrected chi connectivity index (χ2v) is 9.59. The lowest BCUT2D eigenvalue weighted by Gasteiger charge is -2.36. The Morgan fingerprint density at radius 2 is 2.14 bits per heavy atom. The summed E-state index contributed by atoms with van der Waals surface area (Å²) in [5.74, 6) is -1.05. The number of thioether (sulfide) groups is 1. The number of amides is 2. The quantitative estimate of drug-likeness (QED) is 0.297. The van der Waals surface area contributed by atoms with Gasteiger partial charge in [-0.1, -0.05) is 30.0 Å². The number of piperazine rings is 1. The minimum Gasteiger partial charge on any atom is -0.466 e. The highest BCUT2D eigenvalue weighted by molar-refractivity contribution is 8.26. The second-order valence-electron chi connectivity index (χ2n) is 7.92. The number of pyridine rings is 1. The highest BCUT2D eigenvalue weighted by Crippen LogP contribution is 2.34. The van der Waals surface area contributed by atoms with E-state index in [1.54, 1.807) is 36.2 Å². The van der Waals surface area contributed by atoms with Gasteiger partial charge in [0.2, 0.25) is 5.91 Å². The molecule has 0 radical (unpaired) electrons. The van der Waals surface area contributed by atoms with E-state index in [1.165, 1.54) is 22.5 Å². The van der Waals surface area contributed by atoms with Gasteiger partial charge in [0.25, 0.3) is 11.5 Å². The van der Waals surface area contributed by atoms with Gasteiger partial charge < -0.3 is 19.7 Å². The number of nitrogens with zero attached hydrogens (tertiary/aromatic N) is 4. The zero-order valence-corrected chi connectivity index (χ0v) is 21.4. The highest BCUT2D eigenvalue weighted by atomic mass is 32.2. The van der Waals surface area contributed by atoms with Crippen LogP contribution in [0.2, 0.25) is 0 Å². The number of hydrogen-bond donors (Lipinski definition) is 1. The van der Waals surface area contributed by atoms with Gasteiger partial charge in [-0.25, -0.2) is 4.98 Å². The van der Waals surface area contributed by atoms with Crippen molar-refractivity contribution in [2.45, 2.75) is 19.4 Å². The summed E-state index contributed by atoms with van der Waals surface area (Å²) in [6, 6.07) is 4.18. The number of nitrogens with one attached hydrogen (secondary N) is 1. The third-order valence-electron chi connectivity index (χ3n) is 5.69. The Morgan fingerprint density at radius 3 is 2.89 bits per heavy atom. The van der Waals surface area contributed by atoms with Crippen LogP contribution in [0.1, 0.15) is 18.9 Å². The van der Waals surface area contributed by atoms with Crippen molar-refractivity contribution in [3.05, 3.63) is 45.2 Å². The molecule has 2 amide bonds. The summed E-state index contributed by atoms with van der Waals surface area (Å²) in [6.45, 7) is 3.06. The van der Waals surface area contributed by atoms with E-state index in [4.69, 9.17) is 21.7 Å². The number of hydrogen-bond acceptors (Lipinski definition) is 10. The number of esters is 1. The molecule has 4 rings (SSSR count). The molecule has 11 nitrogen and oxygen atoms in total. The molecular weight excluding hydrogens is 506 g/mol. The van der Waals surface area contributed by atoms with Gasteiger partial charge in [-0.15, -0.1) is 0 Å². The van der Waals surface area contributed by atoms with E-state index in [0.717, 1.165) is 11.8 Å². The van der Waals surface area contributed by atoms with Crippen LogP contribution in [0.15, 0.2) is 34.1 Å². The molecule has 1 atom stereocenters. The Labute approximate surface area is 216 Å². The lowest BCUT2D eigenvalue weighted by molar-refractivity contribution is -0.145. The predicted molar refractivity (Wildman–Crippen MR) is 139 cm³/mol. The third kappa shape index (κ3) is 5.13. The number of thiocarbonyl (C=S) groups is 1. The summed E-state index contributed by atoms with van der Waals surface area (Å²) in [7, 11) is 1.53. The van der Waals surface area contributed by atoms with Crippen LogP contribution < -0.4 is 15.8 Å². The van der Waals surface area contributed by atoms with Crippen molar-refractivity contribution >= 4 is 63.6 Å². The Kier molecular flexibility index (Phi) is 8.01. The smallest absolute Gasteiger partial charge is 0.308 e. The molecule has 13 heteroatoms. The molecule has 4 heterocycles. The molecule has 190 valence electrons. The molecule has 2 aliphatic heterocycles. The van der Waals surface area contributed by atoms with Gasteiger partial charge in [-0.3, -0.25) is 28.5 Å². The molecule has 36 heavy (non-hydrogen) atoms. The number of anilines is 1. The van der Waals surface area contributed by atoms with Gasteiger partial charge in [0.15, 0.2) is 0 Å². The van der Waals surface area contributed by atoms with Gasteiger partial charge in [-0.05, 0) is 25.1 Å². The van der Waals surface area contributed by atoms with Gasteiger partial charge in [0.1, 0.15) is 21.8 Å². The topological polar surface area (TPSA) is 123 Å². The van der Waals surface area contributed by atoms with Crippen molar-refractivity contribution in [3.8, 4) is 0 Å². The van der Waals surface area contributed by atoms with E-state index in [9.17, 15) is 19.2 Å². The number of methoxy groups -OCH3 is 1. The SMILES string of the molecule is CCOC(=O)CC1C(=O)NCCN1c1nc2ccccn2c(=O)c1C=C1SC(=S)N(CCOC)C1=O. The normalized spacial score (nSPS) is 19.3. The summed E-state index contributed by atoms with van der Waals surface area (Å²) >= 11 is 6.44. The van der Waals surface area contributed by atoms with Gasteiger partial charge in [-0.2, -0.15) is 0 Å². The molecule has 2 aromatic heterocycles. The van der Waals surface area contributed by atoms with Crippen molar-refractivity contribution in [3.63, 3.8) is 0 Å². The minimum absolute atomic E-state index is 0.120. The maximum Gasteiger partial charge on any atom is 0.308 e. The van der Waals surface area contributed by atoms with Crippen molar-refractivity contribution in [2.75, 3.05) is 44.9 Å². The monoisotopic (exact) mass is 531 g/mol. The van der Waals surface area contributed by atoms with Crippen LogP contribution in [-0.2, 0) is 23.9 Å². The van der Waals surface area contributed by atoms with Gasteiger partial charge >= 0.3 is 5.97 Å². The van der Waals surface area contributed by atoms with E-state index in [2.05, 4.69) is 10.3 Å². The van der Waals surface area contributed by atoms with Crippen LogP contribution in [-0.4, -0.2) is 82.4 Å². The maximum absolute atomic E-state index is 13.6. The number of rotatable bonds is 8. The fraction of sp³-hybridized carbons (Fsp3) is 0.391. The van der Waals surface area contributed by atoms with Crippen LogP contribution in [0.5, 0.6) is 0 Å². The molecule has 2 fully saturated rings. The fourth-order valence-electron chi connectivity index (χ4n) is 3.99. The zero-order chi connectivity index (χ0) is 25.8. The van der Waals surface area contributed by atoms with Crippen LogP contribution in [0.25, 0.3) is 11.7 Å². The standard InChI is InChI=1S/C23H25N5O6S2/c1-3-34-18(29)13-15-20(30)24-7-9-26(15)19-14(21(31)27-8-5-4-6-17(27)25-19)12-16-22(32)28(10-11-33-2)23(35)36-16/h4-6,8,12,15H,3,7,9-11,13H2,1-2H3,(H,24,30). The highest BCUT2D eigenvalue weighted by Gasteiger charge is 2.36. The maximum atomic E-state index is 13.6. The minimum atomic E-state index is -0.931. The first-order valence-corrected chi connectivity index (χ1v) is 12.5. The Bertz CT molecular complexity index is 1310. The summed E-state index contributed by atoms with van der Waals surface area (Å²) in [4.78, 5) is 59.7. The number of carbonyl (C=O) groups is 3. The van der Waals surface area contributed by atoms with Gasteiger partial charge in [0.05, 0.1) is 36.6 Å². The molecule has 2 saturated heterocycles. The van der Waals surface area contributed by atoms with Crippen LogP contribution >= 0.6 is 24.0 Å². The van der Waals surface area contributed by atoms with Crippen molar-refractivity contribution in [1.82, 2.24) is 19.6 Å². The molecule has 1 unspecified atom stereocenters. The van der Waals surface area contributed by atoms with Crippen molar-refractivity contribution < 1.29 is 23.9 Å². The molecule has 0 bridgehead atoms. The van der Waals surface area contributed by atoms with Crippen LogP contribution in [0, 0.1) is 0 Å². The van der Waals surface area contributed by atoms with E-state index >= 15 is 0 Å². The van der Waals surface area contributed by atoms with Crippen LogP contribution in [0.4, 0.5) is 5.82 Å². The summed E-state index contributed by atoms with van der Waals surface area (Å²) in [5, 5.41) is 2.75. The van der Waals surface area contributed by atoms with E-state index < -0.39 is 17.6 Å². The average Bonchev–Trinajstić information content (AvgIpc) is 3.12. The molecule has 0 aromatic carbocycles. The first kappa shape index (κ1) is 25.8. The fourth-order valence-corrected chi connectivity index (χ4v) is 5.28. The Balaban J connectivity index is 1.83. The molecular formula is C23H25N5O6S2. The average molecular weight is 532 g/mol. The number of carbonyl (C=O) groups excluding carboxylic acids is 3. The largest absolute Gasteiger partial charge is 0.466 e. The Hall–Kier alpha value is -3.29. The van der Waals surface area contributed by atoms with Gasteiger partial charge in [0, 0.05) is 26.4 Å². The molecule has 2 aliphatic rings. The van der Waals surface area contributed by atoms with E-state index in [-0.39, 0.29) is 47.7 Å². The summed E-state index contributed by atoms with van der Waals surface area (Å²) in [5.41, 5.74) is 0.0660. The zero-order valence-electron chi connectivity index (χ0n) is 19.8. The first-order chi connectivity index (χ1) is 17.3. The van der Waals surface area contributed by atoms with Crippen molar-refractivity contribution in [2.24, 2.45) is 0 Å². The molecule has 0 aliphatic carbocycles. The van der Waals surface area contributed by atoms with E-state index in [1.807, 2.05) is 0 Å². The first-order valence-electron chi connectivity index (χ1n) is 11.3. The third-order valence-corrected chi connectivity index (χ3v) is 7.06. The number of aromatic nitrogens is 2. The summed E-state index contributed by atoms with van der Waals surface area (Å²) < 4.78 is 11.8. The molecule has 1 N–H and O–H groups in total. The predicted octanol–water partition coefficient (Wildman–Crippen LogP) is 0.800. The van der Waals surface area contributed by atoms with Crippen molar-refractivity contribution in [1.29, 1.82) is 0 Å². The Morgan fingerprint density at radius 1 is 1.33 bits per heavy atom. The lowest BCUT2D eigenvalue weighted by Crippen LogP contribution is -2.57. The second kappa shape index (κ2) is 11.2. The lowest BCUT2D eigenvalue weighted by atomic mass is 10.1. The molecule has 2 aromatic rings. The summed E-state index contributed by atoms with van der Waals surface area (Å²) in [6.07, 6.45) is 2.83. The molecule has 0 spiro atoms. The van der Waals surface area contributed by atoms with E-state index in [0.29, 0.717) is 29.7 Å². The molecule has 0 saturated carbocycles. The number of ether oxygens (including phenoxy) is 2. The number of fused-ring (bicyclic) bond motifs is 1. The van der Waals surface area contributed by atoms with Crippen LogP contribution in [0.3, 0.4) is 0 Å².